The van der Waals surface area contributed by atoms with E-state index in [4.69, 9.17) is 0 Å². The van der Waals surface area contributed by atoms with Crippen molar-refractivity contribution in [2.75, 3.05) is 26.0 Å². The minimum absolute atomic E-state index is 0.0189. The van der Waals surface area contributed by atoms with E-state index in [1.807, 2.05) is 45.3 Å². The summed E-state index contributed by atoms with van der Waals surface area (Å²) < 4.78 is 0. The van der Waals surface area contributed by atoms with Crippen LogP contribution < -0.4 is 5.32 Å². The van der Waals surface area contributed by atoms with Gasteiger partial charge in [0, 0.05) is 11.4 Å². The van der Waals surface area contributed by atoms with Crippen LogP contribution in [0.2, 0.25) is 0 Å². The van der Waals surface area contributed by atoms with Crippen molar-refractivity contribution < 1.29 is 4.92 Å². The standard InChI is InChI=1S/C15H20N4O2/c1-11(8-9-18(2)3)17-15-12-6-4-5-7-13(12)16-10-14(15)19(20)21/h4-7,10-11H,8-9H2,1-3H3,(H,16,17). The summed E-state index contributed by atoms with van der Waals surface area (Å²) in [6.45, 7) is 2.95. The Kier molecular flexibility index (Phi) is 4.70. The van der Waals surface area contributed by atoms with Gasteiger partial charge in [-0.2, -0.15) is 0 Å². The highest BCUT2D eigenvalue weighted by molar-refractivity contribution is 5.95. The van der Waals surface area contributed by atoms with Crippen molar-refractivity contribution in [2.24, 2.45) is 0 Å². The van der Waals surface area contributed by atoms with E-state index >= 15 is 0 Å². The van der Waals surface area contributed by atoms with E-state index in [0.717, 1.165) is 23.9 Å². The number of fused-ring (bicyclic) bond motifs is 1. The number of pyridine rings is 1. The monoisotopic (exact) mass is 288 g/mol. The molecule has 0 fully saturated rings. The second-order valence-electron chi connectivity index (χ2n) is 5.43. The summed E-state index contributed by atoms with van der Waals surface area (Å²) in [6, 6.07) is 7.59. The third-order valence-corrected chi connectivity index (χ3v) is 3.35. The maximum Gasteiger partial charge on any atom is 0.311 e. The molecule has 6 nitrogen and oxygen atoms in total. The van der Waals surface area contributed by atoms with Crippen molar-refractivity contribution in [1.82, 2.24) is 9.88 Å². The van der Waals surface area contributed by atoms with Crippen LogP contribution in [0, 0.1) is 10.1 Å². The topological polar surface area (TPSA) is 71.3 Å². The number of anilines is 1. The molecule has 6 heteroatoms. The molecule has 1 atom stereocenters. The van der Waals surface area contributed by atoms with Gasteiger partial charge in [0.25, 0.3) is 0 Å². The van der Waals surface area contributed by atoms with Crippen LogP contribution >= 0.6 is 0 Å². The summed E-state index contributed by atoms with van der Waals surface area (Å²) >= 11 is 0. The van der Waals surface area contributed by atoms with E-state index in [1.165, 1.54) is 6.20 Å². The van der Waals surface area contributed by atoms with Crippen LogP contribution in [0.4, 0.5) is 11.4 Å². The van der Waals surface area contributed by atoms with E-state index in [-0.39, 0.29) is 16.7 Å². The minimum Gasteiger partial charge on any atom is -0.376 e. The maximum atomic E-state index is 11.2. The highest BCUT2D eigenvalue weighted by Gasteiger charge is 2.19. The average Bonchev–Trinajstić information content (AvgIpc) is 2.45. The molecule has 21 heavy (non-hydrogen) atoms. The van der Waals surface area contributed by atoms with Crippen molar-refractivity contribution in [1.29, 1.82) is 0 Å². The van der Waals surface area contributed by atoms with E-state index in [0.29, 0.717) is 5.69 Å². The van der Waals surface area contributed by atoms with Gasteiger partial charge in [-0.15, -0.1) is 0 Å². The lowest BCUT2D eigenvalue weighted by atomic mass is 10.1. The number of aromatic nitrogens is 1. The summed E-state index contributed by atoms with van der Waals surface area (Å²) in [7, 11) is 4.02. The molecule has 0 bridgehead atoms. The second kappa shape index (κ2) is 6.49. The second-order valence-corrected chi connectivity index (χ2v) is 5.43. The lowest BCUT2D eigenvalue weighted by Gasteiger charge is -2.18. The van der Waals surface area contributed by atoms with Gasteiger partial charge < -0.3 is 10.2 Å². The van der Waals surface area contributed by atoms with Crippen molar-refractivity contribution in [3.8, 4) is 0 Å². The van der Waals surface area contributed by atoms with E-state index in [9.17, 15) is 10.1 Å². The first-order valence-electron chi connectivity index (χ1n) is 6.92. The fourth-order valence-electron chi connectivity index (χ4n) is 2.19. The molecule has 0 radical (unpaired) electrons. The van der Waals surface area contributed by atoms with Crippen LogP contribution in [-0.2, 0) is 0 Å². The predicted octanol–water partition coefficient (Wildman–Crippen LogP) is 2.90. The number of nitrogens with zero attached hydrogens (tertiary/aromatic N) is 3. The Morgan fingerprint density at radius 1 is 1.38 bits per heavy atom. The van der Waals surface area contributed by atoms with Crippen molar-refractivity contribution in [3.63, 3.8) is 0 Å². The molecule has 112 valence electrons. The van der Waals surface area contributed by atoms with Crippen molar-refractivity contribution in [3.05, 3.63) is 40.6 Å². The Hall–Kier alpha value is -2.21. The van der Waals surface area contributed by atoms with Gasteiger partial charge in [-0.3, -0.25) is 10.1 Å². The quantitative estimate of drug-likeness (QED) is 0.653. The van der Waals surface area contributed by atoms with Gasteiger partial charge in [0.2, 0.25) is 0 Å². The Morgan fingerprint density at radius 3 is 2.76 bits per heavy atom. The van der Waals surface area contributed by atoms with Gasteiger partial charge in [-0.1, -0.05) is 18.2 Å². The molecule has 0 saturated heterocycles. The SMILES string of the molecule is CC(CCN(C)C)Nc1c([N+](=O)[O-])cnc2ccccc12. The number of benzene rings is 1. The lowest BCUT2D eigenvalue weighted by Crippen LogP contribution is -2.23. The van der Waals surface area contributed by atoms with E-state index in [1.54, 1.807) is 0 Å². The summed E-state index contributed by atoms with van der Waals surface area (Å²) in [5.41, 5.74) is 1.33. The minimum atomic E-state index is -0.388. The fraction of sp³-hybridized carbons (Fsp3) is 0.400. The van der Waals surface area contributed by atoms with Gasteiger partial charge in [0.15, 0.2) is 0 Å². The van der Waals surface area contributed by atoms with Crippen LogP contribution in [0.1, 0.15) is 13.3 Å². The van der Waals surface area contributed by atoms with Crippen LogP contribution in [0.25, 0.3) is 10.9 Å². The van der Waals surface area contributed by atoms with E-state index in [2.05, 4.69) is 15.2 Å². The molecular weight excluding hydrogens is 268 g/mol. The van der Waals surface area contributed by atoms with Gasteiger partial charge in [-0.25, -0.2) is 4.98 Å². The number of hydrogen-bond donors (Lipinski definition) is 1. The third-order valence-electron chi connectivity index (χ3n) is 3.35. The van der Waals surface area contributed by atoms with Crippen LogP contribution in [0.3, 0.4) is 0 Å². The Bertz CT molecular complexity index is 643. The molecule has 1 unspecified atom stereocenters. The molecule has 0 aliphatic heterocycles. The van der Waals surface area contributed by atoms with Gasteiger partial charge >= 0.3 is 5.69 Å². The molecule has 1 aromatic heterocycles. The zero-order valence-corrected chi connectivity index (χ0v) is 12.5. The molecule has 2 rings (SSSR count). The molecule has 2 aromatic rings. The zero-order valence-electron chi connectivity index (χ0n) is 12.5. The van der Waals surface area contributed by atoms with E-state index < -0.39 is 0 Å². The fourth-order valence-corrected chi connectivity index (χ4v) is 2.19. The molecule has 0 amide bonds. The average molecular weight is 288 g/mol. The zero-order chi connectivity index (χ0) is 15.4. The maximum absolute atomic E-state index is 11.2. The normalized spacial score (nSPS) is 12.6. The summed E-state index contributed by atoms with van der Waals surface area (Å²) in [4.78, 5) is 17.1. The first-order valence-corrected chi connectivity index (χ1v) is 6.92. The first-order chi connectivity index (χ1) is 9.99. The van der Waals surface area contributed by atoms with Crippen LogP contribution in [-0.4, -0.2) is 41.5 Å². The Morgan fingerprint density at radius 2 is 2.10 bits per heavy atom. The molecule has 0 spiro atoms. The van der Waals surface area contributed by atoms with Crippen LogP contribution in [0.15, 0.2) is 30.5 Å². The number of nitro groups is 1. The number of nitrogens with one attached hydrogen (secondary N) is 1. The summed E-state index contributed by atoms with van der Waals surface area (Å²) in [5, 5.41) is 15.3. The number of rotatable bonds is 6. The van der Waals surface area contributed by atoms with Gasteiger partial charge in [0.1, 0.15) is 11.9 Å². The molecule has 0 aliphatic rings. The third kappa shape index (κ3) is 3.66. The predicted molar refractivity (Wildman–Crippen MR) is 84.7 cm³/mol. The Balaban J connectivity index is 2.35. The number of hydrogen-bond acceptors (Lipinski definition) is 5. The molecule has 1 N–H and O–H groups in total. The summed E-state index contributed by atoms with van der Waals surface area (Å²) in [6.07, 6.45) is 2.23. The number of para-hydroxylation sites is 1. The van der Waals surface area contributed by atoms with Crippen molar-refractivity contribution >= 4 is 22.3 Å². The largest absolute Gasteiger partial charge is 0.376 e. The Labute approximate surface area is 123 Å². The molecular formula is C15H20N4O2. The van der Waals surface area contributed by atoms with Gasteiger partial charge in [-0.05, 0) is 40.1 Å². The van der Waals surface area contributed by atoms with Gasteiger partial charge in [0.05, 0.1) is 10.4 Å². The van der Waals surface area contributed by atoms with Crippen molar-refractivity contribution in [2.45, 2.75) is 19.4 Å². The summed E-state index contributed by atoms with van der Waals surface area (Å²) in [5.74, 6) is 0. The lowest BCUT2D eigenvalue weighted by molar-refractivity contribution is -0.384. The first kappa shape index (κ1) is 15.2. The molecule has 0 aliphatic carbocycles. The smallest absolute Gasteiger partial charge is 0.311 e. The van der Waals surface area contributed by atoms with Crippen LogP contribution in [0.5, 0.6) is 0 Å². The molecule has 1 aromatic carbocycles. The highest BCUT2D eigenvalue weighted by atomic mass is 16.6. The highest BCUT2D eigenvalue weighted by Crippen LogP contribution is 2.32. The molecule has 1 heterocycles. The molecule has 0 saturated carbocycles.